The zero-order valence-electron chi connectivity index (χ0n) is 23.0. The van der Waals surface area contributed by atoms with Crippen LogP contribution in [0.4, 0.5) is 5.69 Å². The summed E-state index contributed by atoms with van der Waals surface area (Å²) in [5.41, 5.74) is -1.77. The number of hydrogen-bond acceptors (Lipinski definition) is 6. The lowest BCUT2D eigenvalue weighted by Crippen LogP contribution is -2.58. The van der Waals surface area contributed by atoms with E-state index in [1.807, 2.05) is 73.7 Å². The maximum atomic E-state index is 14.6. The monoisotopic (exact) mass is 544 g/mol. The van der Waals surface area contributed by atoms with Gasteiger partial charge in [-0.25, -0.2) is 0 Å². The van der Waals surface area contributed by atoms with Crippen molar-refractivity contribution in [3.05, 3.63) is 66.8 Å². The summed E-state index contributed by atoms with van der Waals surface area (Å²) >= 11 is 0. The number of hydrogen-bond donors (Lipinski definition) is 1. The van der Waals surface area contributed by atoms with Crippen molar-refractivity contribution in [1.82, 2.24) is 4.90 Å². The van der Waals surface area contributed by atoms with Crippen LogP contribution in [0.2, 0.25) is 0 Å². The minimum absolute atomic E-state index is 0.279. The predicted octanol–water partition coefficient (Wildman–Crippen LogP) is 3.77. The molecule has 8 heteroatoms. The largest absolute Gasteiger partial charge is 0.465 e. The van der Waals surface area contributed by atoms with Crippen molar-refractivity contribution in [3.63, 3.8) is 0 Å². The average Bonchev–Trinajstić information content (AvgIpc) is 3.33. The topological polar surface area (TPSA) is 96.4 Å². The molecule has 2 aromatic carbocycles. The number of aliphatic hydroxyl groups is 1. The van der Waals surface area contributed by atoms with E-state index in [0.29, 0.717) is 12.1 Å². The number of amides is 2. The SMILES string of the molecule is CC[C@@]12/C=C\CCCCOC(=O)[C@@H]1[C@H]1C(=O)N([C@H](C)CO)C3C(=O)N(c4ccc5ccccc5c4)CC=C[C@@]31O2. The predicted molar refractivity (Wildman–Crippen MR) is 150 cm³/mol. The zero-order valence-corrected chi connectivity index (χ0v) is 23.0. The summed E-state index contributed by atoms with van der Waals surface area (Å²) in [6, 6.07) is 12.1. The highest BCUT2D eigenvalue weighted by Gasteiger charge is 2.75. The highest BCUT2D eigenvalue weighted by molar-refractivity contribution is 6.06. The molecule has 1 unspecified atom stereocenters. The van der Waals surface area contributed by atoms with Crippen LogP contribution in [-0.2, 0) is 23.9 Å². The molecule has 6 rings (SSSR count). The second kappa shape index (κ2) is 10.2. The molecule has 0 saturated carbocycles. The highest BCUT2D eigenvalue weighted by Crippen LogP contribution is 2.58. The first kappa shape index (κ1) is 26.7. The van der Waals surface area contributed by atoms with Crippen molar-refractivity contribution in [1.29, 1.82) is 0 Å². The fraction of sp³-hybridized carbons (Fsp3) is 0.469. The molecule has 2 amide bonds. The Kier molecular flexibility index (Phi) is 6.79. The number of anilines is 1. The van der Waals surface area contributed by atoms with Crippen molar-refractivity contribution < 1.29 is 29.0 Å². The van der Waals surface area contributed by atoms with E-state index in [4.69, 9.17) is 9.47 Å². The normalized spacial score (nSPS) is 33.7. The van der Waals surface area contributed by atoms with Gasteiger partial charge in [-0.2, -0.15) is 0 Å². The first-order chi connectivity index (χ1) is 19.4. The molecule has 0 aliphatic carbocycles. The van der Waals surface area contributed by atoms with Gasteiger partial charge in [-0.15, -0.1) is 0 Å². The Morgan fingerprint density at radius 2 is 1.80 bits per heavy atom. The van der Waals surface area contributed by atoms with Gasteiger partial charge in [0.2, 0.25) is 5.91 Å². The van der Waals surface area contributed by atoms with Gasteiger partial charge in [-0.05, 0) is 55.5 Å². The quantitative estimate of drug-likeness (QED) is 0.465. The number of likely N-dealkylation sites (tertiary alicyclic amines) is 1. The molecule has 1 N–H and O–H groups in total. The van der Waals surface area contributed by atoms with Crippen LogP contribution in [-0.4, -0.2) is 70.8 Å². The van der Waals surface area contributed by atoms with Gasteiger partial charge in [-0.1, -0.05) is 61.6 Å². The Labute approximate surface area is 234 Å². The molecule has 1 spiro atoms. The Hall–Kier alpha value is -3.49. The Bertz CT molecular complexity index is 1400. The van der Waals surface area contributed by atoms with Crippen LogP contribution >= 0.6 is 0 Å². The highest BCUT2D eigenvalue weighted by atomic mass is 16.6. The molecule has 4 heterocycles. The third kappa shape index (κ3) is 3.91. The molecule has 8 nitrogen and oxygen atoms in total. The Morgan fingerprint density at radius 1 is 1.00 bits per heavy atom. The Balaban J connectivity index is 1.50. The van der Waals surface area contributed by atoms with Crippen LogP contribution in [0.1, 0.15) is 39.5 Å². The van der Waals surface area contributed by atoms with Crippen molar-refractivity contribution >= 4 is 34.2 Å². The summed E-state index contributed by atoms with van der Waals surface area (Å²) in [6.07, 6.45) is 10.5. The molecule has 210 valence electrons. The van der Waals surface area contributed by atoms with Crippen LogP contribution < -0.4 is 4.90 Å². The summed E-state index contributed by atoms with van der Waals surface area (Å²) in [5.74, 6) is -3.02. The van der Waals surface area contributed by atoms with Crippen LogP contribution in [0.3, 0.4) is 0 Å². The van der Waals surface area contributed by atoms with Crippen LogP contribution in [0.5, 0.6) is 0 Å². The summed E-state index contributed by atoms with van der Waals surface area (Å²) in [4.78, 5) is 45.7. The molecule has 0 aromatic heterocycles. The summed E-state index contributed by atoms with van der Waals surface area (Å²) in [6.45, 7) is 3.89. The van der Waals surface area contributed by atoms with E-state index in [1.165, 1.54) is 4.90 Å². The first-order valence-electron chi connectivity index (χ1n) is 14.3. The molecular weight excluding hydrogens is 508 g/mol. The standard InChI is InChI=1S/C32H36N2O6/c1-3-31-15-8-4-5-9-18-39-30(38)26(31)25-28(36)34(21(2)20-35)27-29(37)33(17-10-16-32(25,27)40-31)24-14-13-22-11-6-7-12-23(22)19-24/h6-8,10-16,19,21,25-27,35H,3-5,9,17-18,20H2,1-2H3/b15-8-/t21-,25+,26+,27?,31-,32+/m1/s1. The zero-order chi connectivity index (χ0) is 28.1. The number of benzene rings is 2. The third-order valence-electron chi connectivity index (χ3n) is 9.10. The van der Waals surface area contributed by atoms with Gasteiger partial charge >= 0.3 is 5.97 Å². The van der Waals surface area contributed by atoms with Gasteiger partial charge in [0.05, 0.1) is 25.2 Å². The molecule has 0 radical (unpaired) electrons. The number of nitrogens with zero attached hydrogens (tertiary/aromatic N) is 2. The maximum Gasteiger partial charge on any atom is 0.313 e. The number of allylic oxidation sites excluding steroid dienone is 1. The lowest BCUT2D eigenvalue weighted by Gasteiger charge is -2.40. The van der Waals surface area contributed by atoms with E-state index in [0.717, 1.165) is 30.0 Å². The molecule has 2 fully saturated rings. The number of aliphatic hydroxyl groups excluding tert-OH is 1. The van der Waals surface area contributed by atoms with E-state index in [-0.39, 0.29) is 31.6 Å². The second-order valence-corrected chi connectivity index (χ2v) is 11.3. The molecule has 0 bridgehead atoms. The van der Waals surface area contributed by atoms with Crippen molar-refractivity contribution in [2.45, 2.75) is 62.8 Å². The minimum Gasteiger partial charge on any atom is -0.465 e. The van der Waals surface area contributed by atoms with Crippen LogP contribution in [0.15, 0.2) is 66.8 Å². The molecular formula is C32H36N2O6. The van der Waals surface area contributed by atoms with Gasteiger partial charge in [0.15, 0.2) is 0 Å². The molecule has 40 heavy (non-hydrogen) atoms. The van der Waals surface area contributed by atoms with E-state index < -0.39 is 41.1 Å². The number of esters is 1. The van der Waals surface area contributed by atoms with Gasteiger partial charge in [-0.3, -0.25) is 14.4 Å². The van der Waals surface area contributed by atoms with Crippen LogP contribution in [0.25, 0.3) is 10.8 Å². The number of rotatable bonds is 4. The Morgan fingerprint density at radius 3 is 2.58 bits per heavy atom. The van der Waals surface area contributed by atoms with Gasteiger partial charge < -0.3 is 24.4 Å². The maximum absolute atomic E-state index is 14.6. The summed E-state index contributed by atoms with van der Waals surface area (Å²) in [5, 5.41) is 12.2. The molecule has 6 atom stereocenters. The van der Waals surface area contributed by atoms with Gasteiger partial charge in [0.1, 0.15) is 23.2 Å². The molecule has 4 aliphatic heterocycles. The average molecular weight is 545 g/mol. The number of fused-ring (bicyclic) bond motifs is 3. The summed E-state index contributed by atoms with van der Waals surface area (Å²) in [7, 11) is 0. The number of carbonyl (C=O) groups is 3. The van der Waals surface area contributed by atoms with E-state index in [9.17, 15) is 19.5 Å². The van der Waals surface area contributed by atoms with E-state index >= 15 is 0 Å². The van der Waals surface area contributed by atoms with Crippen LogP contribution in [0, 0.1) is 11.8 Å². The molecule has 2 aromatic rings. The first-order valence-corrected chi connectivity index (χ1v) is 14.3. The minimum atomic E-state index is -1.39. The molecule has 4 aliphatic rings. The van der Waals surface area contributed by atoms with Gasteiger partial charge in [0, 0.05) is 12.2 Å². The van der Waals surface area contributed by atoms with Crippen molar-refractivity contribution in [3.8, 4) is 0 Å². The number of ether oxygens (including phenoxy) is 2. The lowest BCUT2D eigenvalue weighted by atomic mass is 9.73. The lowest BCUT2D eigenvalue weighted by molar-refractivity contribution is -0.161. The smallest absolute Gasteiger partial charge is 0.313 e. The van der Waals surface area contributed by atoms with Crippen molar-refractivity contribution in [2.24, 2.45) is 11.8 Å². The van der Waals surface area contributed by atoms with E-state index in [2.05, 4.69) is 0 Å². The fourth-order valence-corrected chi connectivity index (χ4v) is 7.12. The van der Waals surface area contributed by atoms with Crippen molar-refractivity contribution in [2.75, 3.05) is 24.7 Å². The van der Waals surface area contributed by atoms with E-state index in [1.54, 1.807) is 11.8 Å². The fourth-order valence-electron chi connectivity index (χ4n) is 7.12. The summed E-state index contributed by atoms with van der Waals surface area (Å²) < 4.78 is 12.7. The number of cyclic esters (lactones) is 1. The second-order valence-electron chi connectivity index (χ2n) is 11.3. The number of carbonyl (C=O) groups excluding carboxylic acids is 3. The van der Waals surface area contributed by atoms with Gasteiger partial charge in [0.25, 0.3) is 5.91 Å². The third-order valence-corrected chi connectivity index (χ3v) is 9.10. The molecule has 2 saturated heterocycles.